The van der Waals surface area contributed by atoms with E-state index < -0.39 is 18.0 Å². The van der Waals surface area contributed by atoms with Crippen molar-refractivity contribution in [2.75, 3.05) is 20.1 Å². The first-order valence-corrected chi connectivity index (χ1v) is 5.82. The zero-order valence-electron chi connectivity index (χ0n) is 11.2. The summed E-state index contributed by atoms with van der Waals surface area (Å²) in [5.41, 5.74) is 0. The first-order chi connectivity index (χ1) is 8.33. The monoisotopic (exact) mass is 259 g/mol. The van der Waals surface area contributed by atoms with Crippen LogP contribution in [-0.2, 0) is 9.59 Å². The average Bonchev–Trinajstić information content (AvgIpc) is 2.31. The smallest absolute Gasteiger partial charge is 0.326 e. The number of urea groups is 1. The normalized spacial score (nSPS) is 11.8. The number of nitrogens with zero attached hydrogens (tertiary/aromatic N) is 1. The molecule has 104 valence electrons. The van der Waals surface area contributed by atoms with E-state index in [2.05, 4.69) is 10.6 Å². The maximum atomic E-state index is 11.8. The van der Waals surface area contributed by atoms with Crippen molar-refractivity contribution in [2.24, 2.45) is 5.92 Å². The van der Waals surface area contributed by atoms with E-state index in [0.29, 0.717) is 6.54 Å². The molecule has 0 aliphatic heterocycles. The molecule has 0 saturated carbocycles. The minimum atomic E-state index is -1.09. The first kappa shape index (κ1) is 16.2. The fourth-order valence-corrected chi connectivity index (χ4v) is 1.32. The van der Waals surface area contributed by atoms with Crippen LogP contribution in [0.3, 0.4) is 0 Å². The van der Waals surface area contributed by atoms with Crippen molar-refractivity contribution in [3.05, 3.63) is 0 Å². The van der Waals surface area contributed by atoms with Gasteiger partial charge in [-0.3, -0.25) is 4.79 Å². The van der Waals surface area contributed by atoms with Crippen LogP contribution in [0.4, 0.5) is 4.79 Å². The number of carboxylic acids is 1. The van der Waals surface area contributed by atoms with E-state index >= 15 is 0 Å². The number of amides is 3. The zero-order valence-corrected chi connectivity index (χ0v) is 11.2. The molecule has 7 nitrogen and oxygen atoms in total. The van der Waals surface area contributed by atoms with Gasteiger partial charge in [0.05, 0.1) is 0 Å². The summed E-state index contributed by atoms with van der Waals surface area (Å²) in [6, 6.07) is -1.52. The van der Waals surface area contributed by atoms with Gasteiger partial charge in [-0.15, -0.1) is 0 Å². The zero-order chi connectivity index (χ0) is 14.3. The van der Waals surface area contributed by atoms with Gasteiger partial charge >= 0.3 is 12.0 Å². The second-order valence-electron chi connectivity index (χ2n) is 4.20. The molecular formula is C11H21N3O4. The van der Waals surface area contributed by atoms with E-state index in [9.17, 15) is 14.4 Å². The molecule has 0 saturated heterocycles. The number of hydrogen-bond donors (Lipinski definition) is 3. The lowest BCUT2D eigenvalue weighted by Crippen LogP contribution is -2.52. The molecule has 0 aromatic rings. The molecule has 18 heavy (non-hydrogen) atoms. The van der Waals surface area contributed by atoms with Gasteiger partial charge in [0.2, 0.25) is 5.91 Å². The maximum absolute atomic E-state index is 11.8. The van der Waals surface area contributed by atoms with Gasteiger partial charge in [0.25, 0.3) is 0 Å². The number of likely N-dealkylation sites (N-methyl/N-ethyl adjacent to an activating group) is 2. The first-order valence-electron chi connectivity index (χ1n) is 5.82. The highest BCUT2D eigenvalue weighted by atomic mass is 16.4. The summed E-state index contributed by atoms with van der Waals surface area (Å²) >= 11 is 0. The van der Waals surface area contributed by atoms with E-state index in [-0.39, 0.29) is 18.4 Å². The molecule has 1 atom stereocenters. The van der Waals surface area contributed by atoms with E-state index in [1.54, 1.807) is 20.8 Å². The van der Waals surface area contributed by atoms with Crippen molar-refractivity contribution < 1.29 is 19.5 Å². The van der Waals surface area contributed by atoms with Crippen LogP contribution in [0.5, 0.6) is 0 Å². The summed E-state index contributed by atoms with van der Waals surface area (Å²) in [5, 5.41) is 13.8. The second-order valence-corrected chi connectivity index (χ2v) is 4.20. The molecule has 3 amide bonds. The molecule has 0 aromatic carbocycles. The fourth-order valence-electron chi connectivity index (χ4n) is 1.32. The topological polar surface area (TPSA) is 98.7 Å². The van der Waals surface area contributed by atoms with E-state index in [4.69, 9.17) is 5.11 Å². The summed E-state index contributed by atoms with van der Waals surface area (Å²) in [7, 11) is 1.47. The lowest BCUT2D eigenvalue weighted by atomic mass is 10.1. The van der Waals surface area contributed by atoms with Crippen LogP contribution in [0, 0.1) is 5.92 Å². The largest absolute Gasteiger partial charge is 0.480 e. The minimum Gasteiger partial charge on any atom is -0.480 e. The lowest BCUT2D eigenvalue weighted by Gasteiger charge is -2.24. The minimum absolute atomic E-state index is 0.0940. The van der Waals surface area contributed by atoms with E-state index in [1.165, 1.54) is 11.9 Å². The highest BCUT2D eigenvalue weighted by molar-refractivity contribution is 5.86. The van der Waals surface area contributed by atoms with Gasteiger partial charge in [0.15, 0.2) is 0 Å². The molecule has 0 aliphatic carbocycles. The molecule has 0 bridgehead atoms. The molecule has 0 heterocycles. The Hall–Kier alpha value is -1.79. The third-order valence-corrected chi connectivity index (χ3v) is 2.49. The van der Waals surface area contributed by atoms with Crippen molar-refractivity contribution in [1.29, 1.82) is 0 Å². The van der Waals surface area contributed by atoms with E-state index in [1.807, 2.05) is 0 Å². The maximum Gasteiger partial charge on any atom is 0.326 e. The lowest BCUT2D eigenvalue weighted by molar-refractivity contribution is -0.140. The van der Waals surface area contributed by atoms with Gasteiger partial charge in [-0.2, -0.15) is 0 Å². The number of rotatable bonds is 6. The Morgan fingerprint density at radius 1 is 1.28 bits per heavy atom. The third-order valence-electron chi connectivity index (χ3n) is 2.49. The molecule has 7 heteroatoms. The third kappa shape index (κ3) is 5.03. The molecule has 3 N–H and O–H groups in total. The number of carbonyl (C=O) groups is 3. The summed E-state index contributed by atoms with van der Waals surface area (Å²) in [6.45, 7) is 5.35. The number of carbonyl (C=O) groups excluding carboxylic acids is 2. The summed E-state index contributed by atoms with van der Waals surface area (Å²) in [4.78, 5) is 35.2. The highest BCUT2D eigenvalue weighted by Crippen LogP contribution is 2.03. The Kier molecular flexibility index (Phi) is 6.77. The van der Waals surface area contributed by atoms with Crippen LogP contribution in [0.25, 0.3) is 0 Å². The van der Waals surface area contributed by atoms with Crippen LogP contribution in [0.15, 0.2) is 0 Å². The van der Waals surface area contributed by atoms with Crippen molar-refractivity contribution in [3.63, 3.8) is 0 Å². The van der Waals surface area contributed by atoms with Crippen LogP contribution in [0.1, 0.15) is 20.8 Å². The molecule has 0 unspecified atom stereocenters. The van der Waals surface area contributed by atoms with Gasteiger partial charge in [-0.05, 0) is 12.8 Å². The SMILES string of the molecule is CCN(CC(=O)NC)C(=O)N[C@H](C(=O)O)C(C)C. The predicted octanol–water partition coefficient (Wildman–Crippen LogP) is -0.127. The molecule has 0 rings (SSSR count). The summed E-state index contributed by atoms with van der Waals surface area (Å²) < 4.78 is 0. The quantitative estimate of drug-likeness (QED) is 0.619. The molecular weight excluding hydrogens is 238 g/mol. The number of hydrogen-bond acceptors (Lipinski definition) is 3. The number of carboxylic acid groups (broad SMARTS) is 1. The Bertz CT molecular complexity index is 317. The van der Waals surface area contributed by atoms with Crippen LogP contribution >= 0.6 is 0 Å². The summed E-state index contributed by atoms with van der Waals surface area (Å²) in [6.07, 6.45) is 0. The Morgan fingerprint density at radius 3 is 2.17 bits per heavy atom. The van der Waals surface area contributed by atoms with Crippen molar-refractivity contribution >= 4 is 17.9 Å². The van der Waals surface area contributed by atoms with Crippen molar-refractivity contribution in [2.45, 2.75) is 26.8 Å². The van der Waals surface area contributed by atoms with Gasteiger partial charge in [0.1, 0.15) is 12.6 Å². The second kappa shape index (κ2) is 7.52. The van der Waals surface area contributed by atoms with Gasteiger partial charge in [0, 0.05) is 13.6 Å². The van der Waals surface area contributed by atoms with Crippen LogP contribution < -0.4 is 10.6 Å². The van der Waals surface area contributed by atoms with Gasteiger partial charge in [-0.1, -0.05) is 13.8 Å². The van der Waals surface area contributed by atoms with Gasteiger partial charge in [-0.25, -0.2) is 9.59 Å². The highest BCUT2D eigenvalue weighted by Gasteiger charge is 2.25. The summed E-state index contributed by atoms with van der Waals surface area (Å²) in [5.74, 6) is -1.62. The van der Waals surface area contributed by atoms with Crippen LogP contribution in [-0.4, -0.2) is 54.1 Å². The Balaban J connectivity index is 4.60. The fraction of sp³-hybridized carbons (Fsp3) is 0.727. The van der Waals surface area contributed by atoms with Crippen LogP contribution in [0.2, 0.25) is 0 Å². The number of aliphatic carboxylic acids is 1. The molecule has 0 spiro atoms. The number of nitrogens with one attached hydrogen (secondary N) is 2. The molecule has 0 radical (unpaired) electrons. The predicted molar refractivity (Wildman–Crippen MR) is 66.1 cm³/mol. The van der Waals surface area contributed by atoms with Crippen molar-refractivity contribution in [1.82, 2.24) is 15.5 Å². The molecule has 0 aliphatic rings. The van der Waals surface area contributed by atoms with Gasteiger partial charge < -0.3 is 20.6 Å². The Morgan fingerprint density at radius 2 is 1.83 bits per heavy atom. The standard InChI is InChI=1S/C11H21N3O4/c1-5-14(6-8(15)12-4)11(18)13-9(7(2)3)10(16)17/h7,9H,5-6H2,1-4H3,(H,12,15)(H,13,18)(H,16,17)/t9-/m0/s1. The molecule has 0 aromatic heterocycles. The Labute approximate surface area is 107 Å². The van der Waals surface area contributed by atoms with Crippen molar-refractivity contribution in [3.8, 4) is 0 Å². The average molecular weight is 259 g/mol. The van der Waals surface area contributed by atoms with E-state index in [0.717, 1.165) is 0 Å². The molecule has 0 fully saturated rings.